The number of rotatable bonds is 10. The van der Waals surface area contributed by atoms with Gasteiger partial charge in [0.1, 0.15) is 11.8 Å². The van der Waals surface area contributed by atoms with Gasteiger partial charge >= 0.3 is 6.03 Å². The molecule has 0 spiro atoms. The van der Waals surface area contributed by atoms with Crippen LogP contribution < -0.4 is 20.7 Å². The van der Waals surface area contributed by atoms with Gasteiger partial charge in [-0.25, -0.2) is 4.79 Å². The van der Waals surface area contributed by atoms with Gasteiger partial charge in [-0.2, -0.15) is 11.8 Å². The van der Waals surface area contributed by atoms with E-state index in [4.69, 9.17) is 4.74 Å². The van der Waals surface area contributed by atoms with Crippen molar-refractivity contribution in [1.29, 1.82) is 0 Å². The molecule has 0 saturated carbocycles. The highest BCUT2D eigenvalue weighted by Gasteiger charge is 2.27. The molecule has 0 aromatic heterocycles. The van der Waals surface area contributed by atoms with Crippen LogP contribution in [0.3, 0.4) is 0 Å². The number of nitrogens with zero attached hydrogens (tertiary/aromatic N) is 1. The van der Waals surface area contributed by atoms with Crippen molar-refractivity contribution in [2.45, 2.75) is 31.3 Å². The molecule has 1 aliphatic rings. The summed E-state index contributed by atoms with van der Waals surface area (Å²) in [6.45, 7) is 0.953. The predicted molar refractivity (Wildman–Crippen MR) is 135 cm³/mol. The lowest BCUT2D eigenvalue weighted by Gasteiger charge is -2.33. The average molecular weight is 485 g/mol. The van der Waals surface area contributed by atoms with Crippen LogP contribution in [0.4, 0.5) is 10.5 Å². The van der Waals surface area contributed by atoms with Crippen molar-refractivity contribution in [3.63, 3.8) is 0 Å². The van der Waals surface area contributed by atoms with Gasteiger partial charge in [0.25, 0.3) is 5.91 Å². The van der Waals surface area contributed by atoms with Gasteiger partial charge in [-0.1, -0.05) is 36.4 Å². The molecule has 0 bridgehead atoms. The van der Waals surface area contributed by atoms with E-state index in [-0.39, 0.29) is 30.5 Å². The summed E-state index contributed by atoms with van der Waals surface area (Å²) in [6, 6.07) is 17.6. The standard InChI is InChI=1S/C25H32N4O4S/c1-34-17-14-22(28-23(30)18-33-21-10-6-3-7-11-21)24(31)26-20-12-15-29(16-13-20)25(32)27-19-8-4-2-5-9-19/h2-11,20,22H,12-18H2,1H3,(H,26,31)(H,27,32)(H,28,30). The molecule has 3 rings (SSSR count). The van der Waals surface area contributed by atoms with Crippen LogP contribution in [0.5, 0.6) is 5.75 Å². The SMILES string of the molecule is CSCCC(NC(=O)COc1ccccc1)C(=O)NC1CCN(C(=O)Nc2ccccc2)CC1. The van der Waals surface area contributed by atoms with E-state index in [0.717, 1.165) is 11.4 Å². The van der Waals surface area contributed by atoms with E-state index in [1.807, 2.05) is 54.8 Å². The lowest BCUT2D eigenvalue weighted by Crippen LogP contribution is -2.53. The number of likely N-dealkylation sites (tertiary alicyclic amines) is 1. The lowest BCUT2D eigenvalue weighted by molar-refractivity contribution is -0.130. The number of ether oxygens (including phenoxy) is 1. The number of para-hydroxylation sites is 2. The number of carbonyl (C=O) groups excluding carboxylic acids is 3. The number of nitrogens with one attached hydrogen (secondary N) is 3. The Kier molecular flexibility index (Phi) is 10.1. The second-order valence-corrected chi connectivity index (χ2v) is 9.05. The summed E-state index contributed by atoms with van der Waals surface area (Å²) in [5, 5.41) is 8.75. The van der Waals surface area contributed by atoms with E-state index < -0.39 is 6.04 Å². The highest BCUT2D eigenvalue weighted by Crippen LogP contribution is 2.14. The van der Waals surface area contributed by atoms with Gasteiger partial charge in [0, 0.05) is 24.8 Å². The van der Waals surface area contributed by atoms with Gasteiger partial charge in [-0.05, 0) is 55.5 Å². The number of thioether (sulfide) groups is 1. The second-order valence-electron chi connectivity index (χ2n) is 8.07. The molecule has 1 heterocycles. The first-order valence-electron chi connectivity index (χ1n) is 11.4. The number of hydrogen-bond donors (Lipinski definition) is 3. The Hall–Kier alpha value is -3.20. The van der Waals surface area contributed by atoms with Crippen LogP contribution in [0.25, 0.3) is 0 Å². The molecule has 3 N–H and O–H groups in total. The van der Waals surface area contributed by atoms with Crippen LogP contribution in [0.1, 0.15) is 19.3 Å². The fraction of sp³-hybridized carbons (Fsp3) is 0.400. The van der Waals surface area contributed by atoms with Gasteiger partial charge in [-0.3, -0.25) is 9.59 Å². The van der Waals surface area contributed by atoms with Gasteiger partial charge < -0.3 is 25.6 Å². The maximum Gasteiger partial charge on any atom is 0.321 e. The topological polar surface area (TPSA) is 99.8 Å². The molecule has 2 aromatic rings. The normalized spacial score (nSPS) is 14.7. The fourth-order valence-corrected chi connectivity index (χ4v) is 4.13. The Bertz CT molecular complexity index is 921. The summed E-state index contributed by atoms with van der Waals surface area (Å²) < 4.78 is 5.49. The Morgan fingerprint density at radius 1 is 1.03 bits per heavy atom. The molecule has 8 nitrogen and oxygen atoms in total. The lowest BCUT2D eigenvalue weighted by atomic mass is 10.0. The molecular formula is C25H32N4O4S. The summed E-state index contributed by atoms with van der Waals surface area (Å²) in [5.41, 5.74) is 0.756. The van der Waals surface area contributed by atoms with Crippen LogP contribution >= 0.6 is 11.8 Å². The van der Waals surface area contributed by atoms with Crippen molar-refractivity contribution in [1.82, 2.24) is 15.5 Å². The van der Waals surface area contributed by atoms with Crippen LogP contribution in [0, 0.1) is 0 Å². The Balaban J connectivity index is 1.44. The van der Waals surface area contributed by atoms with E-state index in [1.54, 1.807) is 28.8 Å². The van der Waals surface area contributed by atoms with Crippen molar-refractivity contribution < 1.29 is 19.1 Å². The zero-order valence-corrected chi connectivity index (χ0v) is 20.2. The molecule has 1 aliphatic heterocycles. The zero-order chi connectivity index (χ0) is 24.2. The first kappa shape index (κ1) is 25.4. The molecule has 1 fully saturated rings. The highest BCUT2D eigenvalue weighted by molar-refractivity contribution is 7.98. The molecule has 1 unspecified atom stereocenters. The monoisotopic (exact) mass is 484 g/mol. The molecular weight excluding hydrogens is 452 g/mol. The highest BCUT2D eigenvalue weighted by atomic mass is 32.2. The minimum atomic E-state index is -0.626. The summed E-state index contributed by atoms with van der Waals surface area (Å²) in [7, 11) is 0. The Morgan fingerprint density at radius 3 is 2.32 bits per heavy atom. The first-order valence-corrected chi connectivity index (χ1v) is 12.8. The number of anilines is 1. The van der Waals surface area contributed by atoms with Crippen molar-refractivity contribution in [3.05, 3.63) is 60.7 Å². The summed E-state index contributed by atoms with van der Waals surface area (Å²) in [4.78, 5) is 39.5. The summed E-state index contributed by atoms with van der Waals surface area (Å²) in [5.74, 6) is 0.813. The van der Waals surface area contributed by atoms with Crippen molar-refractivity contribution in [2.75, 3.05) is 37.0 Å². The smallest absolute Gasteiger partial charge is 0.321 e. The number of benzene rings is 2. The summed E-state index contributed by atoms with van der Waals surface area (Å²) in [6.07, 6.45) is 3.82. The van der Waals surface area contributed by atoms with E-state index >= 15 is 0 Å². The van der Waals surface area contributed by atoms with Crippen LogP contribution in [-0.2, 0) is 9.59 Å². The van der Waals surface area contributed by atoms with E-state index in [9.17, 15) is 14.4 Å². The number of carbonyl (C=O) groups is 3. The molecule has 2 aromatic carbocycles. The molecule has 9 heteroatoms. The van der Waals surface area contributed by atoms with Crippen LogP contribution in [0.15, 0.2) is 60.7 Å². The fourth-order valence-electron chi connectivity index (χ4n) is 3.66. The van der Waals surface area contributed by atoms with Gasteiger partial charge in [0.2, 0.25) is 5.91 Å². The third-order valence-electron chi connectivity index (χ3n) is 5.53. The number of amides is 4. The third kappa shape index (κ3) is 8.30. The third-order valence-corrected chi connectivity index (χ3v) is 6.17. The van der Waals surface area contributed by atoms with Gasteiger partial charge in [0.05, 0.1) is 0 Å². The predicted octanol–water partition coefficient (Wildman–Crippen LogP) is 3.12. The largest absolute Gasteiger partial charge is 0.484 e. The van der Waals surface area contributed by atoms with Crippen LogP contribution in [0.2, 0.25) is 0 Å². The Labute approximate surface area is 204 Å². The average Bonchev–Trinajstić information content (AvgIpc) is 2.87. The van der Waals surface area contributed by atoms with E-state index in [0.29, 0.717) is 38.1 Å². The first-order chi connectivity index (χ1) is 16.5. The molecule has 1 saturated heterocycles. The second kappa shape index (κ2) is 13.5. The molecule has 182 valence electrons. The summed E-state index contributed by atoms with van der Waals surface area (Å²) >= 11 is 1.62. The van der Waals surface area contributed by atoms with Gasteiger partial charge in [-0.15, -0.1) is 0 Å². The van der Waals surface area contributed by atoms with Crippen molar-refractivity contribution in [2.24, 2.45) is 0 Å². The van der Waals surface area contributed by atoms with Crippen molar-refractivity contribution >= 4 is 35.3 Å². The Morgan fingerprint density at radius 2 is 1.68 bits per heavy atom. The van der Waals surface area contributed by atoms with Crippen molar-refractivity contribution in [3.8, 4) is 5.75 Å². The molecule has 0 aliphatic carbocycles. The molecule has 4 amide bonds. The number of urea groups is 1. The minimum absolute atomic E-state index is 0.0393. The maximum absolute atomic E-state index is 12.9. The molecule has 1 atom stereocenters. The van der Waals surface area contributed by atoms with E-state index in [1.165, 1.54) is 0 Å². The van der Waals surface area contributed by atoms with Crippen LogP contribution in [-0.4, -0.2) is 66.5 Å². The van der Waals surface area contributed by atoms with Gasteiger partial charge in [0.15, 0.2) is 6.61 Å². The van der Waals surface area contributed by atoms with E-state index in [2.05, 4.69) is 16.0 Å². The molecule has 0 radical (unpaired) electrons. The maximum atomic E-state index is 12.9. The minimum Gasteiger partial charge on any atom is -0.484 e. The zero-order valence-electron chi connectivity index (χ0n) is 19.4. The molecule has 34 heavy (non-hydrogen) atoms. The number of piperidine rings is 1. The quantitative estimate of drug-likeness (QED) is 0.481. The number of hydrogen-bond acceptors (Lipinski definition) is 5.